The molecule has 17 heavy (non-hydrogen) atoms. The first-order chi connectivity index (χ1) is 8.20. The smallest absolute Gasteiger partial charge is 0.259 e. The van der Waals surface area contributed by atoms with Crippen LogP contribution < -0.4 is 10.7 Å². The summed E-state index contributed by atoms with van der Waals surface area (Å²) in [6.07, 6.45) is 5.05. The topological polar surface area (TPSA) is 65.2 Å². The van der Waals surface area contributed by atoms with E-state index in [2.05, 4.69) is 10.3 Å². The lowest BCUT2D eigenvalue weighted by atomic mass is 10.1. The fourth-order valence-corrected chi connectivity index (χ4v) is 2.10. The molecule has 1 aromatic heterocycles. The monoisotopic (exact) mass is 235 g/mol. The lowest BCUT2D eigenvalue weighted by molar-refractivity contribution is 0.0706. The van der Waals surface area contributed by atoms with Crippen LogP contribution in [-0.4, -0.2) is 42.0 Å². The Hall–Kier alpha value is -1.62. The van der Waals surface area contributed by atoms with Gasteiger partial charge in [0.15, 0.2) is 5.43 Å². The van der Waals surface area contributed by atoms with Crippen molar-refractivity contribution in [1.82, 2.24) is 15.2 Å². The summed E-state index contributed by atoms with van der Waals surface area (Å²) in [5.74, 6) is -0.208. The first-order valence-electron chi connectivity index (χ1n) is 5.85. The van der Waals surface area contributed by atoms with Crippen LogP contribution in [0.1, 0.15) is 23.2 Å². The maximum Gasteiger partial charge on any atom is 0.259 e. The Kier molecular flexibility index (Phi) is 3.58. The summed E-state index contributed by atoms with van der Waals surface area (Å²) in [5.41, 5.74) is -0.0232. The van der Waals surface area contributed by atoms with Crippen LogP contribution in [-0.2, 0) is 0 Å². The van der Waals surface area contributed by atoms with Gasteiger partial charge in [-0.2, -0.15) is 0 Å². The fraction of sp³-hybridized carbons (Fsp3) is 0.500. The van der Waals surface area contributed by atoms with Crippen molar-refractivity contribution in [1.29, 1.82) is 0 Å². The summed E-state index contributed by atoms with van der Waals surface area (Å²) in [7, 11) is 1.76. The van der Waals surface area contributed by atoms with E-state index >= 15 is 0 Å². The second kappa shape index (κ2) is 5.14. The number of hydrogen-bond acceptors (Lipinski definition) is 3. The molecule has 1 amide bonds. The zero-order chi connectivity index (χ0) is 12.3. The average molecular weight is 235 g/mol. The Morgan fingerprint density at radius 3 is 3.00 bits per heavy atom. The van der Waals surface area contributed by atoms with E-state index in [0.717, 1.165) is 25.9 Å². The number of nitrogens with one attached hydrogen (secondary N) is 2. The van der Waals surface area contributed by atoms with Gasteiger partial charge in [-0.3, -0.25) is 9.59 Å². The van der Waals surface area contributed by atoms with Gasteiger partial charge in [0.2, 0.25) is 0 Å². The maximum atomic E-state index is 12.1. The van der Waals surface area contributed by atoms with Crippen molar-refractivity contribution in [3.63, 3.8) is 0 Å². The van der Waals surface area contributed by atoms with E-state index in [9.17, 15) is 9.59 Å². The molecule has 0 aliphatic carbocycles. The summed E-state index contributed by atoms with van der Waals surface area (Å²) >= 11 is 0. The van der Waals surface area contributed by atoms with Gasteiger partial charge in [-0.1, -0.05) is 0 Å². The van der Waals surface area contributed by atoms with Crippen LogP contribution in [0, 0.1) is 0 Å². The Morgan fingerprint density at radius 1 is 1.53 bits per heavy atom. The zero-order valence-electron chi connectivity index (χ0n) is 9.90. The van der Waals surface area contributed by atoms with Crippen molar-refractivity contribution in [2.24, 2.45) is 0 Å². The number of amides is 1. The number of rotatable bonds is 2. The van der Waals surface area contributed by atoms with Crippen molar-refractivity contribution in [3.05, 3.63) is 34.2 Å². The van der Waals surface area contributed by atoms with Crippen LogP contribution >= 0.6 is 0 Å². The van der Waals surface area contributed by atoms with Gasteiger partial charge in [0.1, 0.15) is 5.56 Å². The molecule has 92 valence electrons. The molecule has 1 aliphatic heterocycles. The molecule has 1 saturated heterocycles. The van der Waals surface area contributed by atoms with E-state index in [-0.39, 0.29) is 22.9 Å². The summed E-state index contributed by atoms with van der Waals surface area (Å²) in [4.78, 5) is 28.1. The number of aromatic nitrogens is 1. The molecule has 1 aliphatic rings. The molecule has 0 spiro atoms. The van der Waals surface area contributed by atoms with Crippen LogP contribution in [0.25, 0.3) is 0 Å². The van der Waals surface area contributed by atoms with Crippen LogP contribution in [0.3, 0.4) is 0 Å². The number of pyridine rings is 1. The summed E-state index contributed by atoms with van der Waals surface area (Å²) < 4.78 is 0. The Labute approximate surface area is 99.8 Å². The predicted octanol–water partition coefficient (Wildman–Crippen LogP) is 0.199. The third kappa shape index (κ3) is 2.55. The quantitative estimate of drug-likeness (QED) is 0.769. The Bertz CT molecular complexity index is 449. The van der Waals surface area contributed by atoms with Crippen molar-refractivity contribution in [3.8, 4) is 0 Å². The first-order valence-corrected chi connectivity index (χ1v) is 5.85. The summed E-state index contributed by atoms with van der Waals surface area (Å²) in [5, 5.41) is 3.26. The molecule has 1 unspecified atom stereocenters. The van der Waals surface area contributed by atoms with E-state index in [1.54, 1.807) is 11.9 Å². The number of piperidine rings is 1. The molecular formula is C12H17N3O2. The van der Waals surface area contributed by atoms with Crippen molar-refractivity contribution in [2.75, 3.05) is 20.1 Å². The number of nitrogens with zero attached hydrogens (tertiary/aromatic N) is 1. The first kappa shape index (κ1) is 11.9. The molecule has 1 aromatic rings. The van der Waals surface area contributed by atoms with Crippen molar-refractivity contribution in [2.45, 2.75) is 18.9 Å². The van der Waals surface area contributed by atoms with Gasteiger partial charge in [-0.25, -0.2) is 0 Å². The summed E-state index contributed by atoms with van der Waals surface area (Å²) in [6, 6.07) is 1.55. The van der Waals surface area contributed by atoms with E-state index in [4.69, 9.17) is 0 Å². The minimum Gasteiger partial charge on any atom is -0.367 e. The summed E-state index contributed by atoms with van der Waals surface area (Å²) in [6.45, 7) is 1.80. The highest BCUT2D eigenvalue weighted by Gasteiger charge is 2.23. The van der Waals surface area contributed by atoms with E-state index < -0.39 is 0 Å². The zero-order valence-corrected chi connectivity index (χ0v) is 9.90. The Morgan fingerprint density at radius 2 is 2.35 bits per heavy atom. The van der Waals surface area contributed by atoms with Crippen molar-refractivity contribution >= 4 is 5.91 Å². The lowest BCUT2D eigenvalue weighted by Gasteiger charge is -2.31. The van der Waals surface area contributed by atoms with Gasteiger partial charge in [0.25, 0.3) is 5.91 Å². The minimum atomic E-state index is -0.232. The molecule has 1 fully saturated rings. The number of carbonyl (C=O) groups is 1. The second-order valence-electron chi connectivity index (χ2n) is 4.34. The normalized spacial score (nSPS) is 19.9. The average Bonchev–Trinajstić information content (AvgIpc) is 2.39. The third-order valence-corrected chi connectivity index (χ3v) is 3.19. The highest BCUT2D eigenvalue weighted by atomic mass is 16.2. The predicted molar refractivity (Wildman–Crippen MR) is 65.0 cm³/mol. The van der Waals surface area contributed by atoms with Crippen LogP contribution in [0.5, 0.6) is 0 Å². The van der Waals surface area contributed by atoms with Gasteiger partial charge in [0.05, 0.1) is 0 Å². The highest BCUT2D eigenvalue weighted by molar-refractivity contribution is 5.93. The fourth-order valence-electron chi connectivity index (χ4n) is 2.10. The molecule has 0 saturated carbocycles. The number of likely N-dealkylation sites (N-methyl/N-ethyl adjacent to an activating group) is 1. The van der Waals surface area contributed by atoms with E-state index in [1.807, 2.05) is 0 Å². The number of carbonyl (C=O) groups excluding carboxylic acids is 1. The number of aromatic amines is 1. The van der Waals surface area contributed by atoms with Crippen LogP contribution in [0.4, 0.5) is 0 Å². The molecule has 5 heteroatoms. The largest absolute Gasteiger partial charge is 0.367 e. The molecular weight excluding hydrogens is 218 g/mol. The molecule has 2 rings (SSSR count). The highest BCUT2D eigenvalue weighted by Crippen LogP contribution is 2.10. The molecule has 2 heterocycles. The van der Waals surface area contributed by atoms with Gasteiger partial charge in [-0.15, -0.1) is 0 Å². The minimum absolute atomic E-state index is 0.177. The van der Waals surface area contributed by atoms with Gasteiger partial charge in [-0.05, 0) is 19.4 Å². The third-order valence-electron chi connectivity index (χ3n) is 3.19. The van der Waals surface area contributed by atoms with E-state index in [0.29, 0.717) is 0 Å². The van der Waals surface area contributed by atoms with Gasteiger partial charge < -0.3 is 15.2 Å². The molecule has 1 atom stereocenters. The molecule has 2 N–H and O–H groups in total. The maximum absolute atomic E-state index is 12.1. The van der Waals surface area contributed by atoms with Crippen LogP contribution in [0.15, 0.2) is 23.3 Å². The molecule has 0 radical (unpaired) electrons. The lowest BCUT2D eigenvalue weighted by Crippen LogP contribution is -2.47. The molecule has 0 aromatic carbocycles. The standard InChI is InChI=1S/C12H17N3O2/c1-15(9-3-2-5-13-7-9)12(17)10-8-14-6-4-11(10)16/h4,6,8-9,13H,2-3,5,7H2,1H3,(H,14,16). The SMILES string of the molecule is CN(C(=O)c1c[nH]ccc1=O)C1CCCNC1. The second-order valence-corrected chi connectivity index (χ2v) is 4.34. The molecule has 0 bridgehead atoms. The van der Waals surface area contributed by atoms with E-state index in [1.165, 1.54) is 18.5 Å². The van der Waals surface area contributed by atoms with Crippen LogP contribution in [0.2, 0.25) is 0 Å². The number of hydrogen-bond donors (Lipinski definition) is 2. The van der Waals surface area contributed by atoms with Gasteiger partial charge >= 0.3 is 0 Å². The van der Waals surface area contributed by atoms with Gasteiger partial charge in [0, 0.05) is 38.1 Å². The molecule has 5 nitrogen and oxygen atoms in total. The number of H-pyrrole nitrogens is 1. The Balaban J connectivity index is 2.14. The van der Waals surface area contributed by atoms with Crippen molar-refractivity contribution < 1.29 is 4.79 Å².